The Morgan fingerprint density at radius 1 is 0.737 bits per heavy atom. The number of hydrogen-bond donors (Lipinski definition) is 2. The highest BCUT2D eigenvalue weighted by molar-refractivity contribution is 6.08. The molecule has 0 radical (unpaired) electrons. The Labute approximate surface area is 222 Å². The van der Waals surface area contributed by atoms with Gasteiger partial charge in [0, 0.05) is 17.5 Å². The summed E-state index contributed by atoms with van der Waals surface area (Å²) in [7, 11) is 1.24. The van der Waals surface area contributed by atoms with E-state index < -0.39 is 30.1 Å². The molecule has 0 spiro atoms. The first kappa shape index (κ1) is 28.1. The smallest absolute Gasteiger partial charge is 0.408 e. The lowest BCUT2D eigenvalue weighted by atomic mass is 9.99. The van der Waals surface area contributed by atoms with Crippen molar-refractivity contribution >= 4 is 23.8 Å². The molecule has 0 aliphatic heterocycles. The lowest BCUT2D eigenvalue weighted by molar-refractivity contribution is -0.145. The van der Waals surface area contributed by atoms with E-state index in [4.69, 9.17) is 9.47 Å². The fraction of sp³-hybridized carbons (Fsp3) is 0.267. The van der Waals surface area contributed by atoms with Crippen LogP contribution in [0.1, 0.15) is 40.9 Å². The van der Waals surface area contributed by atoms with Gasteiger partial charge in [0.05, 0.1) is 7.11 Å². The Balaban J connectivity index is 1.63. The number of esters is 1. The molecule has 2 amide bonds. The molecule has 3 aromatic carbocycles. The molecule has 38 heavy (non-hydrogen) atoms. The number of ether oxygens (including phenoxy) is 2. The lowest BCUT2D eigenvalue weighted by Gasteiger charge is -2.24. The molecule has 8 nitrogen and oxygen atoms in total. The maximum Gasteiger partial charge on any atom is 0.408 e. The monoisotopic (exact) mass is 516 g/mol. The molecular formula is C30H32N2O6. The van der Waals surface area contributed by atoms with Gasteiger partial charge in [0.2, 0.25) is 5.91 Å². The van der Waals surface area contributed by atoms with E-state index in [-0.39, 0.29) is 24.7 Å². The summed E-state index contributed by atoms with van der Waals surface area (Å²) in [5.41, 5.74) is 2.63. The molecule has 0 aromatic heterocycles. The largest absolute Gasteiger partial charge is 0.467 e. The molecule has 198 valence electrons. The lowest BCUT2D eigenvalue weighted by Crippen LogP contribution is -2.54. The summed E-state index contributed by atoms with van der Waals surface area (Å²) in [6, 6.07) is 23.0. The van der Waals surface area contributed by atoms with Crippen LogP contribution in [0.15, 0.2) is 84.9 Å². The van der Waals surface area contributed by atoms with Crippen molar-refractivity contribution < 1.29 is 28.7 Å². The number of hydrogen-bond acceptors (Lipinski definition) is 6. The zero-order chi connectivity index (χ0) is 27.5. The Morgan fingerprint density at radius 3 is 1.89 bits per heavy atom. The Bertz CT molecular complexity index is 1230. The molecule has 0 fully saturated rings. The van der Waals surface area contributed by atoms with Crippen molar-refractivity contribution in [2.75, 3.05) is 7.11 Å². The molecule has 0 aliphatic carbocycles. The van der Waals surface area contributed by atoms with E-state index in [9.17, 15) is 19.2 Å². The van der Waals surface area contributed by atoms with Crippen LogP contribution in [0.25, 0.3) is 0 Å². The maximum absolute atomic E-state index is 13.1. The van der Waals surface area contributed by atoms with Crippen molar-refractivity contribution in [3.8, 4) is 0 Å². The van der Waals surface area contributed by atoms with Crippen LogP contribution in [-0.2, 0) is 32.1 Å². The fourth-order valence-electron chi connectivity index (χ4n) is 3.81. The van der Waals surface area contributed by atoms with Gasteiger partial charge in [-0.05, 0) is 17.0 Å². The third-order valence-electron chi connectivity index (χ3n) is 5.93. The first-order chi connectivity index (χ1) is 18.3. The highest BCUT2D eigenvalue weighted by atomic mass is 16.5. The van der Waals surface area contributed by atoms with Crippen LogP contribution < -0.4 is 10.6 Å². The average molecular weight is 517 g/mol. The van der Waals surface area contributed by atoms with Gasteiger partial charge >= 0.3 is 12.1 Å². The van der Waals surface area contributed by atoms with Crippen LogP contribution in [0.2, 0.25) is 0 Å². The van der Waals surface area contributed by atoms with E-state index in [1.54, 1.807) is 62.4 Å². The van der Waals surface area contributed by atoms with Gasteiger partial charge in [-0.2, -0.15) is 0 Å². The van der Waals surface area contributed by atoms with Gasteiger partial charge in [-0.15, -0.1) is 0 Å². The zero-order valence-corrected chi connectivity index (χ0v) is 21.7. The SMILES string of the molecule is COC(=O)[C@H](Cc1ccc(C(=O)c2ccccc2)cc1)NC(=O)[C@@H](NC(=O)OCc1ccccc1)C(C)C. The van der Waals surface area contributed by atoms with E-state index in [1.165, 1.54) is 7.11 Å². The number of nitrogens with one attached hydrogen (secondary N) is 2. The minimum Gasteiger partial charge on any atom is -0.467 e. The number of ketones is 1. The first-order valence-electron chi connectivity index (χ1n) is 12.3. The maximum atomic E-state index is 13.1. The number of amides is 2. The molecule has 0 aliphatic rings. The molecule has 3 rings (SSSR count). The van der Waals surface area contributed by atoms with Gasteiger partial charge in [0.1, 0.15) is 18.7 Å². The number of rotatable bonds is 11. The molecule has 0 bridgehead atoms. The van der Waals surface area contributed by atoms with Gasteiger partial charge in [-0.1, -0.05) is 98.8 Å². The van der Waals surface area contributed by atoms with Gasteiger partial charge in [0.25, 0.3) is 0 Å². The number of methoxy groups -OCH3 is 1. The van der Waals surface area contributed by atoms with E-state index in [1.807, 2.05) is 36.4 Å². The Hall–Kier alpha value is -4.46. The number of carbonyl (C=O) groups excluding carboxylic acids is 4. The van der Waals surface area contributed by atoms with Crippen molar-refractivity contribution in [2.45, 2.75) is 39.0 Å². The highest BCUT2D eigenvalue weighted by Gasteiger charge is 2.30. The summed E-state index contributed by atoms with van der Waals surface area (Å²) in [6.07, 6.45) is -0.599. The number of alkyl carbamates (subject to hydrolysis) is 1. The highest BCUT2D eigenvalue weighted by Crippen LogP contribution is 2.13. The third kappa shape index (κ3) is 8.03. The van der Waals surface area contributed by atoms with Crippen LogP contribution in [0, 0.1) is 5.92 Å². The third-order valence-corrected chi connectivity index (χ3v) is 5.93. The van der Waals surface area contributed by atoms with Gasteiger partial charge in [0.15, 0.2) is 5.78 Å². The molecule has 0 heterocycles. The molecule has 0 saturated heterocycles. The van der Waals surface area contributed by atoms with Gasteiger partial charge < -0.3 is 20.1 Å². The van der Waals surface area contributed by atoms with E-state index in [0.29, 0.717) is 11.1 Å². The van der Waals surface area contributed by atoms with Crippen LogP contribution in [-0.4, -0.2) is 42.9 Å². The second kappa shape index (κ2) is 13.7. The van der Waals surface area contributed by atoms with Crippen LogP contribution in [0.4, 0.5) is 4.79 Å². The standard InChI is InChI=1S/C30H32N2O6/c1-20(2)26(32-30(36)38-19-22-10-6-4-7-11-22)28(34)31-25(29(35)37-3)18-21-14-16-24(17-15-21)27(33)23-12-8-5-9-13-23/h4-17,20,25-26H,18-19H2,1-3H3,(H,31,34)(H,32,36)/t25-,26-/m0/s1. The first-order valence-corrected chi connectivity index (χ1v) is 12.3. The number of carbonyl (C=O) groups is 4. The van der Waals surface area contributed by atoms with E-state index in [2.05, 4.69) is 10.6 Å². The van der Waals surface area contributed by atoms with Gasteiger partial charge in [-0.25, -0.2) is 9.59 Å². The van der Waals surface area contributed by atoms with Gasteiger partial charge in [-0.3, -0.25) is 9.59 Å². The molecule has 8 heteroatoms. The van der Waals surface area contributed by atoms with Crippen molar-refractivity contribution in [3.05, 3.63) is 107 Å². The normalized spacial score (nSPS) is 12.2. The van der Waals surface area contributed by atoms with Crippen molar-refractivity contribution in [1.82, 2.24) is 10.6 Å². The fourth-order valence-corrected chi connectivity index (χ4v) is 3.81. The van der Waals surface area contributed by atoms with Crippen molar-refractivity contribution in [2.24, 2.45) is 5.92 Å². The summed E-state index contributed by atoms with van der Waals surface area (Å²) in [6.45, 7) is 3.61. The molecule has 3 aromatic rings. The summed E-state index contributed by atoms with van der Waals surface area (Å²) in [5, 5.41) is 5.27. The summed E-state index contributed by atoms with van der Waals surface area (Å²) >= 11 is 0. The molecule has 0 unspecified atom stereocenters. The Kier molecular flexibility index (Phi) is 10.2. The summed E-state index contributed by atoms with van der Waals surface area (Å²) < 4.78 is 10.1. The Morgan fingerprint density at radius 2 is 1.32 bits per heavy atom. The van der Waals surface area contributed by atoms with Crippen molar-refractivity contribution in [1.29, 1.82) is 0 Å². The van der Waals surface area contributed by atoms with Crippen LogP contribution >= 0.6 is 0 Å². The molecule has 2 atom stereocenters. The summed E-state index contributed by atoms with van der Waals surface area (Å²) in [4.78, 5) is 50.6. The second-order valence-electron chi connectivity index (χ2n) is 9.11. The van der Waals surface area contributed by atoms with Crippen LogP contribution in [0.3, 0.4) is 0 Å². The molecule has 0 saturated carbocycles. The topological polar surface area (TPSA) is 111 Å². The summed E-state index contributed by atoms with van der Waals surface area (Å²) in [5.74, 6) is -1.55. The molecular weight excluding hydrogens is 484 g/mol. The predicted molar refractivity (Wildman–Crippen MR) is 142 cm³/mol. The quantitative estimate of drug-likeness (QED) is 0.294. The molecule has 2 N–H and O–H groups in total. The van der Waals surface area contributed by atoms with E-state index in [0.717, 1.165) is 11.1 Å². The van der Waals surface area contributed by atoms with E-state index >= 15 is 0 Å². The van der Waals surface area contributed by atoms with Crippen LogP contribution in [0.5, 0.6) is 0 Å². The predicted octanol–water partition coefficient (Wildman–Crippen LogP) is 4.07. The average Bonchev–Trinajstić information content (AvgIpc) is 2.94. The number of benzene rings is 3. The second-order valence-corrected chi connectivity index (χ2v) is 9.11. The zero-order valence-electron chi connectivity index (χ0n) is 21.7. The minimum absolute atomic E-state index is 0.0622. The minimum atomic E-state index is -0.994. The van der Waals surface area contributed by atoms with Crippen molar-refractivity contribution in [3.63, 3.8) is 0 Å².